The highest BCUT2D eigenvalue weighted by molar-refractivity contribution is 9.10. The third kappa shape index (κ3) is 7.54. The SMILES string of the molecule is C[Si](C)(C)N.C[Si](C)(C)c1ccc(-c2ccc(Br)cc2)cc1. The Bertz CT molecular complexity index is 572. The maximum absolute atomic E-state index is 5.49. The van der Waals surface area contributed by atoms with Crippen molar-refractivity contribution in [3.8, 4) is 11.1 Å². The molecule has 120 valence electrons. The predicted molar refractivity (Wildman–Crippen MR) is 110 cm³/mol. The quantitative estimate of drug-likeness (QED) is 0.674. The van der Waals surface area contributed by atoms with Gasteiger partial charge in [0.2, 0.25) is 0 Å². The number of halogens is 1. The standard InChI is InChI=1S/C15H17BrSi.C3H11NSi/c1-17(2,3)15-10-6-13(7-11-15)12-4-8-14(16)9-5-12;1-5(2,3)4/h4-11H,1-3H3;4H2,1-3H3. The molecule has 2 aromatic rings. The highest BCUT2D eigenvalue weighted by Crippen LogP contribution is 2.21. The Morgan fingerprint density at radius 1 is 0.682 bits per heavy atom. The van der Waals surface area contributed by atoms with Gasteiger partial charge in [-0.25, -0.2) is 0 Å². The molecule has 0 aromatic heterocycles. The van der Waals surface area contributed by atoms with Crippen molar-refractivity contribution >= 4 is 37.4 Å². The molecular weight excluding hydrogens is 366 g/mol. The molecule has 0 aliphatic rings. The van der Waals surface area contributed by atoms with Crippen LogP contribution < -0.4 is 10.6 Å². The van der Waals surface area contributed by atoms with Crippen molar-refractivity contribution in [2.24, 2.45) is 5.40 Å². The first-order valence-corrected chi connectivity index (χ1v) is 15.5. The number of nitrogens with two attached hydrogens (primary N) is 1. The molecule has 0 aliphatic carbocycles. The van der Waals surface area contributed by atoms with Crippen molar-refractivity contribution in [1.29, 1.82) is 0 Å². The van der Waals surface area contributed by atoms with Crippen LogP contribution in [0.4, 0.5) is 0 Å². The molecule has 0 amide bonds. The molecule has 2 N–H and O–H groups in total. The van der Waals surface area contributed by atoms with Gasteiger partial charge in [-0.3, -0.25) is 0 Å². The summed E-state index contributed by atoms with van der Waals surface area (Å²) in [6, 6.07) is 17.5. The molecule has 2 rings (SSSR count). The smallest absolute Gasteiger partial charge is 0.113 e. The highest BCUT2D eigenvalue weighted by Gasteiger charge is 2.15. The van der Waals surface area contributed by atoms with E-state index in [2.05, 4.69) is 104 Å². The second-order valence-electron chi connectivity index (χ2n) is 7.70. The summed E-state index contributed by atoms with van der Waals surface area (Å²) in [5.41, 5.74) is 2.56. The zero-order valence-electron chi connectivity index (χ0n) is 14.6. The van der Waals surface area contributed by atoms with Gasteiger partial charge in [0.1, 0.15) is 8.24 Å². The Morgan fingerprint density at radius 2 is 1.00 bits per heavy atom. The Kier molecular flexibility index (Phi) is 6.80. The summed E-state index contributed by atoms with van der Waals surface area (Å²) in [5, 5.41) is 7.01. The monoisotopic (exact) mass is 393 g/mol. The van der Waals surface area contributed by atoms with Gasteiger partial charge in [-0.1, -0.05) is 96.8 Å². The summed E-state index contributed by atoms with van der Waals surface area (Å²) < 4.78 is 1.12. The lowest BCUT2D eigenvalue weighted by Gasteiger charge is -2.16. The number of hydrogen-bond acceptors (Lipinski definition) is 1. The minimum Gasteiger partial charge on any atom is -0.351 e. The van der Waals surface area contributed by atoms with E-state index in [0.717, 1.165) is 4.47 Å². The average molecular weight is 395 g/mol. The van der Waals surface area contributed by atoms with Crippen LogP contribution in [-0.4, -0.2) is 16.3 Å². The lowest BCUT2D eigenvalue weighted by Crippen LogP contribution is -2.37. The number of hydrogen-bond donors (Lipinski definition) is 1. The molecule has 0 bridgehead atoms. The first-order valence-electron chi connectivity index (χ1n) is 7.62. The lowest BCUT2D eigenvalue weighted by molar-refractivity contribution is 1.58. The molecular formula is C18H28BrNSi2. The van der Waals surface area contributed by atoms with Gasteiger partial charge in [0, 0.05) is 4.47 Å². The Hall–Kier alpha value is -0.686. The van der Waals surface area contributed by atoms with Crippen molar-refractivity contribution in [1.82, 2.24) is 0 Å². The minimum absolute atomic E-state index is 1.11. The third-order valence-electron chi connectivity index (χ3n) is 2.93. The molecule has 0 saturated carbocycles. The van der Waals surface area contributed by atoms with Crippen LogP contribution in [0.1, 0.15) is 0 Å². The zero-order valence-corrected chi connectivity index (χ0v) is 18.2. The summed E-state index contributed by atoms with van der Waals surface area (Å²) in [5.74, 6) is 0. The summed E-state index contributed by atoms with van der Waals surface area (Å²) in [6.45, 7) is 13.4. The fraction of sp³-hybridized carbons (Fsp3) is 0.333. The summed E-state index contributed by atoms with van der Waals surface area (Å²) >= 11 is 3.46. The van der Waals surface area contributed by atoms with Gasteiger partial charge >= 0.3 is 0 Å². The van der Waals surface area contributed by atoms with E-state index in [1.165, 1.54) is 16.3 Å². The van der Waals surface area contributed by atoms with Crippen molar-refractivity contribution < 1.29 is 0 Å². The average Bonchev–Trinajstić information content (AvgIpc) is 2.37. The van der Waals surface area contributed by atoms with Crippen LogP contribution in [0.25, 0.3) is 11.1 Å². The van der Waals surface area contributed by atoms with Gasteiger partial charge < -0.3 is 5.40 Å². The van der Waals surface area contributed by atoms with Gasteiger partial charge in [-0.2, -0.15) is 0 Å². The van der Waals surface area contributed by atoms with Crippen LogP contribution >= 0.6 is 15.9 Å². The van der Waals surface area contributed by atoms with Crippen LogP contribution in [0.5, 0.6) is 0 Å². The van der Waals surface area contributed by atoms with Crippen LogP contribution in [0.3, 0.4) is 0 Å². The first-order chi connectivity index (χ1) is 9.97. The molecule has 0 atom stereocenters. The second kappa shape index (κ2) is 7.73. The predicted octanol–water partition coefficient (Wildman–Crippen LogP) is 5.44. The first kappa shape index (κ1) is 19.4. The molecule has 0 heterocycles. The van der Waals surface area contributed by atoms with Crippen LogP contribution in [0.2, 0.25) is 39.3 Å². The van der Waals surface area contributed by atoms with Crippen molar-refractivity contribution in [2.75, 3.05) is 0 Å². The molecule has 1 nitrogen and oxygen atoms in total. The van der Waals surface area contributed by atoms with E-state index in [4.69, 9.17) is 5.40 Å². The fourth-order valence-electron chi connectivity index (χ4n) is 1.81. The normalized spacial score (nSPS) is 11.6. The topological polar surface area (TPSA) is 26.0 Å². The minimum atomic E-state index is -1.17. The van der Waals surface area contributed by atoms with E-state index in [0.29, 0.717) is 0 Å². The Labute approximate surface area is 146 Å². The Balaban J connectivity index is 0.000000422. The summed E-state index contributed by atoms with van der Waals surface area (Å²) in [4.78, 5) is 0. The van der Waals surface area contributed by atoms with E-state index < -0.39 is 16.3 Å². The van der Waals surface area contributed by atoms with Gasteiger partial charge in [-0.15, -0.1) is 0 Å². The molecule has 0 unspecified atom stereocenters. The lowest BCUT2D eigenvalue weighted by atomic mass is 10.1. The highest BCUT2D eigenvalue weighted by atomic mass is 79.9. The molecule has 22 heavy (non-hydrogen) atoms. The van der Waals surface area contributed by atoms with E-state index in [9.17, 15) is 0 Å². The molecule has 0 spiro atoms. The molecule has 0 fully saturated rings. The molecule has 2 aromatic carbocycles. The van der Waals surface area contributed by atoms with Crippen molar-refractivity contribution in [3.63, 3.8) is 0 Å². The van der Waals surface area contributed by atoms with E-state index >= 15 is 0 Å². The van der Waals surface area contributed by atoms with Crippen LogP contribution in [-0.2, 0) is 0 Å². The molecule has 4 heteroatoms. The Morgan fingerprint density at radius 3 is 1.32 bits per heavy atom. The molecule has 0 saturated heterocycles. The molecule has 0 aliphatic heterocycles. The maximum atomic E-state index is 5.49. The number of rotatable bonds is 2. The van der Waals surface area contributed by atoms with E-state index in [1.54, 1.807) is 0 Å². The van der Waals surface area contributed by atoms with E-state index in [-0.39, 0.29) is 0 Å². The summed E-state index contributed by atoms with van der Waals surface area (Å²) in [6.07, 6.45) is 0. The second-order valence-corrected chi connectivity index (χ2v) is 18.4. The van der Waals surface area contributed by atoms with Gasteiger partial charge in [0.15, 0.2) is 0 Å². The number of benzene rings is 2. The summed E-state index contributed by atoms with van der Waals surface area (Å²) in [7, 11) is -2.28. The fourth-order valence-corrected chi connectivity index (χ4v) is 3.24. The van der Waals surface area contributed by atoms with Gasteiger partial charge in [-0.05, 0) is 23.3 Å². The maximum Gasteiger partial charge on any atom is 0.113 e. The largest absolute Gasteiger partial charge is 0.351 e. The molecule has 0 radical (unpaired) electrons. The van der Waals surface area contributed by atoms with Crippen molar-refractivity contribution in [3.05, 3.63) is 53.0 Å². The third-order valence-corrected chi connectivity index (χ3v) is 5.52. The van der Waals surface area contributed by atoms with E-state index in [1.807, 2.05) is 0 Å². The van der Waals surface area contributed by atoms with Crippen LogP contribution in [0.15, 0.2) is 53.0 Å². The van der Waals surface area contributed by atoms with Gasteiger partial charge in [0.05, 0.1) is 8.07 Å². The van der Waals surface area contributed by atoms with Gasteiger partial charge in [0.25, 0.3) is 0 Å². The zero-order chi connectivity index (χ0) is 17.0. The van der Waals surface area contributed by atoms with Crippen molar-refractivity contribution in [2.45, 2.75) is 39.3 Å². The van der Waals surface area contributed by atoms with Crippen LogP contribution in [0, 0.1) is 0 Å².